The molecule has 0 unspecified atom stereocenters. The monoisotopic (exact) mass is 303 g/mol. The van der Waals surface area contributed by atoms with E-state index in [9.17, 15) is 9.59 Å². The molecule has 5 nitrogen and oxygen atoms in total. The molecule has 0 atom stereocenters. The summed E-state index contributed by atoms with van der Waals surface area (Å²) in [5.41, 5.74) is 3.16. The molecule has 1 aliphatic heterocycles. The highest BCUT2D eigenvalue weighted by atomic mass is 16.2. The van der Waals surface area contributed by atoms with E-state index in [1.165, 1.54) is 5.56 Å². The number of nitrogens with one attached hydrogen (secondary N) is 1. The van der Waals surface area contributed by atoms with Gasteiger partial charge in [0.25, 0.3) is 0 Å². The summed E-state index contributed by atoms with van der Waals surface area (Å²) >= 11 is 0. The number of amides is 2. The Bertz CT molecular complexity index is 549. The number of hydrogen-bond donors (Lipinski definition) is 1. The summed E-state index contributed by atoms with van der Waals surface area (Å²) in [7, 11) is 0. The molecule has 120 valence electrons. The van der Waals surface area contributed by atoms with Gasteiger partial charge in [-0.25, -0.2) is 0 Å². The quantitative estimate of drug-likeness (QED) is 0.923. The first kappa shape index (κ1) is 16.5. The van der Waals surface area contributed by atoms with Gasteiger partial charge in [0, 0.05) is 38.3 Å². The maximum absolute atomic E-state index is 12.2. The highest BCUT2D eigenvalue weighted by Gasteiger charge is 2.21. The Morgan fingerprint density at radius 1 is 1.14 bits per heavy atom. The summed E-state index contributed by atoms with van der Waals surface area (Å²) in [6.07, 6.45) is 0.549. The molecule has 1 aromatic carbocycles. The summed E-state index contributed by atoms with van der Waals surface area (Å²) < 4.78 is 0. The van der Waals surface area contributed by atoms with Gasteiger partial charge in [-0.05, 0) is 31.0 Å². The number of aryl methyl sites for hydroxylation is 1. The molecule has 0 bridgehead atoms. The number of carbonyl (C=O) groups is 2. The van der Waals surface area contributed by atoms with Gasteiger partial charge in [-0.15, -0.1) is 0 Å². The first-order chi connectivity index (χ1) is 10.5. The largest absolute Gasteiger partial charge is 0.340 e. The Morgan fingerprint density at radius 2 is 1.82 bits per heavy atom. The van der Waals surface area contributed by atoms with E-state index in [1.54, 1.807) is 0 Å². The number of benzene rings is 1. The molecule has 1 saturated heterocycles. The first-order valence-electron chi connectivity index (χ1n) is 7.87. The molecule has 1 aromatic rings. The molecule has 1 aliphatic rings. The van der Waals surface area contributed by atoms with Crippen LogP contribution in [0.5, 0.6) is 0 Å². The Balaban J connectivity index is 1.83. The van der Waals surface area contributed by atoms with Gasteiger partial charge in [0.15, 0.2) is 0 Å². The molecule has 1 fully saturated rings. The van der Waals surface area contributed by atoms with Crippen molar-refractivity contribution in [1.82, 2.24) is 9.80 Å². The van der Waals surface area contributed by atoms with Gasteiger partial charge in [-0.3, -0.25) is 14.5 Å². The molecular weight excluding hydrogens is 278 g/mol. The fourth-order valence-corrected chi connectivity index (χ4v) is 2.66. The maximum atomic E-state index is 12.2. The number of rotatable bonds is 4. The van der Waals surface area contributed by atoms with Crippen LogP contribution >= 0.6 is 0 Å². The van der Waals surface area contributed by atoms with Crippen LogP contribution in [0.25, 0.3) is 0 Å². The van der Waals surface area contributed by atoms with Crippen molar-refractivity contribution in [2.75, 3.05) is 38.0 Å². The molecular formula is C17H25N3O2. The third-order valence-corrected chi connectivity index (χ3v) is 4.27. The minimum atomic E-state index is 0.00367. The van der Waals surface area contributed by atoms with E-state index in [2.05, 4.69) is 10.2 Å². The minimum absolute atomic E-state index is 0.00367. The van der Waals surface area contributed by atoms with Crippen molar-refractivity contribution in [3.05, 3.63) is 29.3 Å². The molecule has 22 heavy (non-hydrogen) atoms. The summed E-state index contributed by atoms with van der Waals surface area (Å²) in [6, 6.07) is 5.92. The number of nitrogens with zero attached hydrogens (tertiary/aromatic N) is 2. The predicted molar refractivity (Wildman–Crippen MR) is 87.9 cm³/mol. The van der Waals surface area contributed by atoms with Crippen molar-refractivity contribution in [3.8, 4) is 0 Å². The average molecular weight is 303 g/mol. The van der Waals surface area contributed by atoms with Crippen molar-refractivity contribution in [3.63, 3.8) is 0 Å². The predicted octanol–water partition coefficient (Wildman–Crippen LogP) is 1.80. The van der Waals surface area contributed by atoms with Crippen molar-refractivity contribution < 1.29 is 9.59 Å². The topological polar surface area (TPSA) is 52.7 Å². The molecule has 2 rings (SSSR count). The van der Waals surface area contributed by atoms with E-state index in [0.29, 0.717) is 26.1 Å². The smallest absolute Gasteiger partial charge is 0.238 e. The van der Waals surface area contributed by atoms with Crippen molar-refractivity contribution in [2.45, 2.75) is 27.2 Å². The van der Waals surface area contributed by atoms with E-state index >= 15 is 0 Å². The molecule has 1 N–H and O–H groups in total. The lowest BCUT2D eigenvalue weighted by Gasteiger charge is -2.34. The summed E-state index contributed by atoms with van der Waals surface area (Å²) in [5.74, 6) is 0.198. The van der Waals surface area contributed by atoms with Crippen LogP contribution in [-0.4, -0.2) is 54.3 Å². The zero-order chi connectivity index (χ0) is 16.1. The lowest BCUT2D eigenvalue weighted by Crippen LogP contribution is -2.50. The Kier molecular flexibility index (Phi) is 5.55. The van der Waals surface area contributed by atoms with Crippen LogP contribution in [0.3, 0.4) is 0 Å². The first-order valence-corrected chi connectivity index (χ1v) is 7.87. The van der Waals surface area contributed by atoms with Crippen LogP contribution in [0.4, 0.5) is 5.69 Å². The molecule has 5 heteroatoms. The lowest BCUT2D eigenvalue weighted by atomic mass is 10.1. The normalized spacial score (nSPS) is 15.7. The van der Waals surface area contributed by atoms with Gasteiger partial charge in [0.2, 0.25) is 11.8 Å². The number of piperazine rings is 1. The van der Waals surface area contributed by atoms with Crippen LogP contribution in [-0.2, 0) is 9.59 Å². The van der Waals surface area contributed by atoms with Gasteiger partial charge in [0.05, 0.1) is 6.54 Å². The highest BCUT2D eigenvalue weighted by molar-refractivity contribution is 5.93. The summed E-state index contributed by atoms with van der Waals surface area (Å²) in [4.78, 5) is 27.8. The van der Waals surface area contributed by atoms with Gasteiger partial charge < -0.3 is 10.2 Å². The van der Waals surface area contributed by atoms with Crippen molar-refractivity contribution >= 4 is 17.5 Å². The van der Waals surface area contributed by atoms with Crippen molar-refractivity contribution in [2.24, 2.45) is 0 Å². The second kappa shape index (κ2) is 7.40. The van der Waals surface area contributed by atoms with E-state index in [-0.39, 0.29) is 11.8 Å². The molecule has 2 amide bonds. The van der Waals surface area contributed by atoms with Gasteiger partial charge in [-0.1, -0.05) is 19.1 Å². The number of hydrogen-bond acceptors (Lipinski definition) is 3. The van der Waals surface area contributed by atoms with Gasteiger partial charge >= 0.3 is 0 Å². The fourth-order valence-electron chi connectivity index (χ4n) is 2.66. The van der Waals surface area contributed by atoms with Crippen LogP contribution in [0.1, 0.15) is 24.5 Å². The van der Waals surface area contributed by atoms with Gasteiger partial charge in [-0.2, -0.15) is 0 Å². The second-order valence-corrected chi connectivity index (χ2v) is 5.81. The average Bonchev–Trinajstić information content (AvgIpc) is 2.52. The van der Waals surface area contributed by atoms with Crippen LogP contribution < -0.4 is 5.32 Å². The summed E-state index contributed by atoms with van der Waals surface area (Å²) in [6.45, 7) is 9.24. The Labute approximate surface area is 132 Å². The molecule has 0 saturated carbocycles. The van der Waals surface area contributed by atoms with E-state index in [4.69, 9.17) is 0 Å². The standard InChI is InChI=1S/C17H25N3O2/c1-4-17(22)20-10-8-19(9-11-20)12-16(21)18-15-7-5-6-13(2)14(15)3/h5-7H,4,8-12H2,1-3H3,(H,18,21). The SMILES string of the molecule is CCC(=O)N1CCN(CC(=O)Nc2cccc(C)c2C)CC1. The van der Waals surface area contributed by atoms with E-state index in [1.807, 2.05) is 43.9 Å². The lowest BCUT2D eigenvalue weighted by molar-refractivity contribution is -0.132. The molecule has 1 heterocycles. The molecule has 0 radical (unpaired) electrons. The van der Waals surface area contributed by atoms with E-state index < -0.39 is 0 Å². The number of anilines is 1. The van der Waals surface area contributed by atoms with E-state index in [0.717, 1.165) is 24.3 Å². The minimum Gasteiger partial charge on any atom is -0.340 e. The third-order valence-electron chi connectivity index (χ3n) is 4.27. The molecule has 0 spiro atoms. The Morgan fingerprint density at radius 3 is 2.45 bits per heavy atom. The zero-order valence-corrected chi connectivity index (χ0v) is 13.7. The highest BCUT2D eigenvalue weighted by Crippen LogP contribution is 2.17. The van der Waals surface area contributed by atoms with Crippen molar-refractivity contribution in [1.29, 1.82) is 0 Å². The third kappa shape index (κ3) is 4.07. The van der Waals surface area contributed by atoms with Gasteiger partial charge in [0.1, 0.15) is 0 Å². The Hall–Kier alpha value is -1.88. The second-order valence-electron chi connectivity index (χ2n) is 5.81. The fraction of sp³-hybridized carbons (Fsp3) is 0.529. The zero-order valence-electron chi connectivity index (χ0n) is 13.7. The van der Waals surface area contributed by atoms with Crippen LogP contribution in [0.15, 0.2) is 18.2 Å². The summed E-state index contributed by atoms with van der Waals surface area (Å²) in [5, 5.41) is 2.98. The molecule has 0 aliphatic carbocycles. The number of carbonyl (C=O) groups excluding carboxylic acids is 2. The van der Waals surface area contributed by atoms with Crippen LogP contribution in [0, 0.1) is 13.8 Å². The molecule has 0 aromatic heterocycles. The maximum Gasteiger partial charge on any atom is 0.238 e. The van der Waals surface area contributed by atoms with Crippen LogP contribution in [0.2, 0.25) is 0 Å².